The van der Waals surface area contributed by atoms with Gasteiger partial charge >= 0.3 is 12.1 Å². The molecular formula is C38H46N4O7. The van der Waals surface area contributed by atoms with Crippen molar-refractivity contribution in [2.45, 2.75) is 103 Å². The predicted molar refractivity (Wildman–Crippen MR) is 184 cm³/mol. The number of rotatable bonds is 10. The van der Waals surface area contributed by atoms with Crippen LogP contribution >= 0.6 is 0 Å². The third kappa shape index (κ3) is 11.8. The molecule has 0 spiro atoms. The highest BCUT2D eigenvalue weighted by molar-refractivity contribution is 5.95. The fourth-order valence-electron chi connectivity index (χ4n) is 5.19. The van der Waals surface area contributed by atoms with Crippen LogP contribution in [0.1, 0.15) is 100 Å². The Kier molecular flexibility index (Phi) is 11.9. The van der Waals surface area contributed by atoms with Gasteiger partial charge in [0.25, 0.3) is 5.91 Å². The van der Waals surface area contributed by atoms with Crippen LogP contribution in [-0.2, 0) is 20.9 Å². The van der Waals surface area contributed by atoms with Crippen molar-refractivity contribution < 1.29 is 33.3 Å². The summed E-state index contributed by atoms with van der Waals surface area (Å²) in [6.07, 6.45) is 2.38. The second kappa shape index (κ2) is 15.9. The number of hydrogen-bond donors (Lipinski definition) is 3. The fraction of sp³-hybridized carbons (Fsp3) is 0.421. The van der Waals surface area contributed by atoms with Crippen molar-refractivity contribution in [2.24, 2.45) is 5.73 Å². The maximum absolute atomic E-state index is 13.5. The van der Waals surface area contributed by atoms with E-state index >= 15 is 0 Å². The van der Waals surface area contributed by atoms with Crippen LogP contribution in [0.2, 0.25) is 0 Å². The molecule has 1 atom stereocenters. The van der Waals surface area contributed by atoms with Gasteiger partial charge in [0.05, 0.1) is 11.6 Å². The number of carbonyl (C=O) groups excluding carboxylic acids is 3. The Labute approximate surface area is 288 Å². The lowest BCUT2D eigenvalue weighted by molar-refractivity contribution is -0.156. The Hall–Kier alpha value is -5.08. The number of nitrogens with two attached hydrogens (primary N) is 1. The van der Waals surface area contributed by atoms with Gasteiger partial charge in [0.1, 0.15) is 41.1 Å². The van der Waals surface area contributed by atoms with Crippen LogP contribution < -0.4 is 25.8 Å². The highest BCUT2D eigenvalue weighted by Gasteiger charge is 2.27. The molecule has 1 aliphatic carbocycles. The third-order valence-corrected chi connectivity index (χ3v) is 7.55. The number of amides is 2. The molecule has 3 aromatic rings. The van der Waals surface area contributed by atoms with Gasteiger partial charge in [0.2, 0.25) is 0 Å². The predicted octanol–water partition coefficient (Wildman–Crippen LogP) is 6.84. The van der Waals surface area contributed by atoms with E-state index in [0.29, 0.717) is 59.6 Å². The molecule has 11 nitrogen and oxygen atoms in total. The Morgan fingerprint density at radius 2 is 1.37 bits per heavy atom. The van der Waals surface area contributed by atoms with E-state index in [-0.39, 0.29) is 24.6 Å². The lowest BCUT2D eigenvalue weighted by Crippen LogP contribution is -2.45. The Bertz CT molecular complexity index is 1640. The average Bonchev–Trinajstić information content (AvgIpc) is 3.03. The van der Waals surface area contributed by atoms with Crippen molar-refractivity contribution in [2.75, 3.05) is 0 Å². The average molecular weight is 671 g/mol. The lowest BCUT2D eigenvalue weighted by Gasteiger charge is -2.30. The summed E-state index contributed by atoms with van der Waals surface area (Å²) < 4.78 is 22.9. The normalized spacial score (nSPS) is 16.8. The van der Waals surface area contributed by atoms with E-state index < -0.39 is 29.3 Å². The number of alkyl carbamates (subject to hydrolysis) is 1. The zero-order chi connectivity index (χ0) is 35.8. The van der Waals surface area contributed by atoms with Crippen molar-refractivity contribution in [3.63, 3.8) is 0 Å². The van der Waals surface area contributed by atoms with Gasteiger partial charge in [-0.25, -0.2) is 9.59 Å². The highest BCUT2D eigenvalue weighted by Crippen LogP contribution is 2.29. The zero-order valence-electron chi connectivity index (χ0n) is 29.0. The van der Waals surface area contributed by atoms with Gasteiger partial charge in [-0.2, -0.15) is 5.26 Å². The van der Waals surface area contributed by atoms with Crippen LogP contribution in [0.5, 0.6) is 17.2 Å². The maximum atomic E-state index is 13.5. The Morgan fingerprint density at radius 3 is 1.94 bits per heavy atom. The molecule has 2 amide bonds. The number of ether oxygens (including phenoxy) is 4. The topological polar surface area (TPSA) is 162 Å². The van der Waals surface area contributed by atoms with Gasteiger partial charge in [-0.15, -0.1) is 0 Å². The minimum absolute atomic E-state index is 0.0192. The van der Waals surface area contributed by atoms with E-state index in [0.717, 1.165) is 5.56 Å². The largest absolute Gasteiger partial charge is 0.489 e. The van der Waals surface area contributed by atoms with Gasteiger partial charge < -0.3 is 35.3 Å². The molecule has 3 aromatic carbocycles. The maximum Gasteiger partial charge on any atom is 0.407 e. The summed E-state index contributed by atoms with van der Waals surface area (Å²) >= 11 is 0. The molecular weight excluding hydrogens is 624 g/mol. The summed E-state index contributed by atoms with van der Waals surface area (Å²) in [6.45, 7) is 11.0. The number of nitriles is 1. The number of esters is 1. The summed E-state index contributed by atoms with van der Waals surface area (Å²) in [6, 6.07) is 19.9. The van der Waals surface area contributed by atoms with Gasteiger partial charge in [-0.1, -0.05) is 24.3 Å². The quantitative estimate of drug-likeness (QED) is 0.196. The SMILES string of the molecule is CC(C)(C)OC(=O)NC1CCC(NC(=O)c2cc(OCc3ccc(C(N)C(=O)OC(C)(C)C)cc3)cc(Oc3ccc(C#N)cc3)c2)CC1. The summed E-state index contributed by atoms with van der Waals surface area (Å²) in [5.41, 5.74) is 7.20. The fourth-order valence-corrected chi connectivity index (χ4v) is 5.19. The summed E-state index contributed by atoms with van der Waals surface area (Å²) in [5.74, 6) is 0.508. The van der Waals surface area contributed by atoms with Gasteiger partial charge in [0, 0.05) is 23.7 Å². The smallest absolute Gasteiger partial charge is 0.407 e. The number of nitrogens with zero attached hydrogens (tertiary/aromatic N) is 1. The number of carbonyl (C=O) groups is 3. The summed E-state index contributed by atoms with van der Waals surface area (Å²) in [4.78, 5) is 38.1. The molecule has 1 fully saturated rings. The van der Waals surface area contributed by atoms with Gasteiger partial charge in [-0.3, -0.25) is 4.79 Å². The van der Waals surface area contributed by atoms with Crippen molar-refractivity contribution in [3.05, 3.63) is 89.0 Å². The van der Waals surface area contributed by atoms with Crippen molar-refractivity contribution in [1.29, 1.82) is 5.26 Å². The molecule has 0 heterocycles. The zero-order valence-corrected chi connectivity index (χ0v) is 29.0. The standard InChI is InChI=1S/C38H46N4O7/c1-37(2,3)48-35(44)33(40)26-11-7-25(8-12-26)23-46-31-19-27(20-32(21-31)47-30-17-9-24(22-39)10-18-30)34(43)41-28-13-15-29(16-14-28)42-36(45)49-38(4,5)6/h7-12,17-21,28-29,33H,13-16,23,40H2,1-6H3,(H,41,43)(H,42,45). The Balaban J connectivity index is 1.43. The molecule has 0 radical (unpaired) electrons. The van der Waals surface area contributed by atoms with Crippen molar-refractivity contribution >= 4 is 18.0 Å². The van der Waals surface area contributed by atoms with Crippen LogP contribution in [0.15, 0.2) is 66.7 Å². The number of hydrogen-bond acceptors (Lipinski definition) is 9. The molecule has 11 heteroatoms. The van der Waals surface area contributed by atoms with E-state index in [9.17, 15) is 14.4 Å². The molecule has 49 heavy (non-hydrogen) atoms. The molecule has 260 valence electrons. The minimum Gasteiger partial charge on any atom is -0.489 e. The van der Waals surface area contributed by atoms with Crippen LogP contribution in [0, 0.1) is 11.3 Å². The lowest BCUT2D eigenvalue weighted by atomic mass is 9.91. The first-order valence-electron chi connectivity index (χ1n) is 16.4. The van der Waals surface area contributed by atoms with Gasteiger partial charge in [-0.05, 0) is 115 Å². The number of nitrogens with one attached hydrogen (secondary N) is 2. The molecule has 1 saturated carbocycles. The Morgan fingerprint density at radius 1 is 0.796 bits per heavy atom. The van der Waals surface area contributed by atoms with E-state index in [4.69, 9.17) is 29.9 Å². The molecule has 0 bridgehead atoms. The van der Waals surface area contributed by atoms with Crippen LogP contribution in [0.4, 0.5) is 4.79 Å². The van der Waals surface area contributed by atoms with E-state index in [1.807, 2.05) is 32.9 Å². The highest BCUT2D eigenvalue weighted by atomic mass is 16.6. The third-order valence-electron chi connectivity index (χ3n) is 7.55. The van der Waals surface area contributed by atoms with Crippen LogP contribution in [0.25, 0.3) is 0 Å². The van der Waals surface area contributed by atoms with E-state index in [2.05, 4.69) is 16.7 Å². The van der Waals surface area contributed by atoms with Crippen LogP contribution in [-0.4, -0.2) is 41.3 Å². The van der Waals surface area contributed by atoms with Crippen molar-refractivity contribution in [1.82, 2.24) is 10.6 Å². The second-order valence-electron chi connectivity index (χ2n) is 14.1. The molecule has 0 aromatic heterocycles. The molecule has 0 saturated heterocycles. The van der Waals surface area contributed by atoms with E-state index in [1.54, 1.807) is 75.4 Å². The first-order chi connectivity index (χ1) is 23.1. The first-order valence-corrected chi connectivity index (χ1v) is 16.4. The van der Waals surface area contributed by atoms with Crippen molar-refractivity contribution in [3.8, 4) is 23.3 Å². The number of benzene rings is 3. The molecule has 4 rings (SSSR count). The van der Waals surface area contributed by atoms with Gasteiger partial charge in [0.15, 0.2) is 0 Å². The molecule has 0 aliphatic heterocycles. The van der Waals surface area contributed by atoms with Crippen LogP contribution in [0.3, 0.4) is 0 Å². The molecule has 4 N–H and O–H groups in total. The summed E-state index contributed by atoms with van der Waals surface area (Å²) in [7, 11) is 0. The molecule has 1 aliphatic rings. The minimum atomic E-state index is -0.914. The monoisotopic (exact) mass is 670 g/mol. The first kappa shape index (κ1) is 36.8. The van der Waals surface area contributed by atoms with E-state index in [1.165, 1.54) is 0 Å². The molecule has 1 unspecified atom stereocenters. The second-order valence-corrected chi connectivity index (χ2v) is 14.1. The summed E-state index contributed by atoms with van der Waals surface area (Å²) in [5, 5.41) is 15.2.